The van der Waals surface area contributed by atoms with Gasteiger partial charge in [-0.25, -0.2) is 14.8 Å². The zero-order chi connectivity index (χ0) is 12.5. The highest BCUT2D eigenvalue weighted by Gasteiger charge is 2.24. The van der Waals surface area contributed by atoms with Crippen molar-refractivity contribution in [2.24, 2.45) is 5.73 Å². The highest BCUT2D eigenvalue weighted by atomic mass is 16.5. The molecule has 1 aromatic rings. The number of carbonyl (C=O) groups excluding carboxylic acids is 1. The molecule has 1 saturated heterocycles. The molecule has 2 aliphatic rings. The lowest BCUT2D eigenvalue weighted by Gasteiger charge is -2.10. The Kier molecular flexibility index (Phi) is 2.75. The second-order valence-electron chi connectivity index (χ2n) is 4.56. The molecule has 2 amide bonds. The Morgan fingerprint density at radius 1 is 1.56 bits per heavy atom. The van der Waals surface area contributed by atoms with Crippen LogP contribution in [-0.2, 0) is 17.8 Å². The van der Waals surface area contributed by atoms with Crippen LogP contribution in [0.25, 0.3) is 0 Å². The van der Waals surface area contributed by atoms with Crippen molar-refractivity contribution in [1.82, 2.24) is 14.9 Å². The number of amides is 2. The van der Waals surface area contributed by atoms with Gasteiger partial charge in [-0.05, 0) is 6.42 Å². The normalized spacial score (nSPS) is 22.0. The number of hydrogen-bond donors (Lipinski definition) is 2. The minimum atomic E-state index is -0.424. The fourth-order valence-electron chi connectivity index (χ4n) is 2.21. The van der Waals surface area contributed by atoms with E-state index in [0.717, 1.165) is 24.3 Å². The number of nitrogens with two attached hydrogens (primary N) is 1. The standard InChI is InChI=1S/C11H15N5O2/c12-10(17)16-4-7-3-13-11(15-9(7)5-16)14-8-1-2-18-6-8/h3,8H,1-2,4-6H2,(H2,12,17)(H,13,14,15). The van der Waals surface area contributed by atoms with Crippen LogP contribution in [0.4, 0.5) is 10.7 Å². The van der Waals surface area contributed by atoms with E-state index in [2.05, 4.69) is 15.3 Å². The summed E-state index contributed by atoms with van der Waals surface area (Å²) in [6.07, 6.45) is 2.72. The fourth-order valence-corrected chi connectivity index (χ4v) is 2.21. The predicted molar refractivity (Wildman–Crippen MR) is 63.7 cm³/mol. The SMILES string of the molecule is NC(=O)N1Cc2cnc(NC3CCOC3)nc2C1. The van der Waals surface area contributed by atoms with Crippen molar-refractivity contribution in [2.45, 2.75) is 25.6 Å². The second kappa shape index (κ2) is 4.41. The van der Waals surface area contributed by atoms with Crippen molar-refractivity contribution < 1.29 is 9.53 Å². The van der Waals surface area contributed by atoms with Gasteiger partial charge in [0.2, 0.25) is 5.95 Å². The number of fused-ring (bicyclic) bond motifs is 1. The van der Waals surface area contributed by atoms with E-state index in [1.54, 1.807) is 11.1 Å². The van der Waals surface area contributed by atoms with Crippen LogP contribution >= 0.6 is 0 Å². The lowest BCUT2D eigenvalue weighted by atomic mass is 10.2. The van der Waals surface area contributed by atoms with Crippen LogP contribution in [0.5, 0.6) is 0 Å². The van der Waals surface area contributed by atoms with Crippen LogP contribution in [0.15, 0.2) is 6.20 Å². The first-order chi connectivity index (χ1) is 8.72. The van der Waals surface area contributed by atoms with E-state index in [4.69, 9.17) is 10.5 Å². The van der Waals surface area contributed by atoms with Gasteiger partial charge < -0.3 is 20.7 Å². The zero-order valence-electron chi connectivity index (χ0n) is 9.93. The molecule has 0 radical (unpaired) electrons. The summed E-state index contributed by atoms with van der Waals surface area (Å²) < 4.78 is 5.28. The van der Waals surface area contributed by atoms with Crippen molar-refractivity contribution in [3.05, 3.63) is 17.5 Å². The van der Waals surface area contributed by atoms with Crippen LogP contribution in [0, 0.1) is 0 Å². The summed E-state index contributed by atoms with van der Waals surface area (Å²) in [5, 5.41) is 3.23. The monoisotopic (exact) mass is 249 g/mol. The Bertz CT molecular complexity index is 473. The average molecular weight is 249 g/mol. The maximum atomic E-state index is 11.1. The van der Waals surface area contributed by atoms with Gasteiger partial charge >= 0.3 is 6.03 Å². The van der Waals surface area contributed by atoms with Crippen LogP contribution < -0.4 is 11.1 Å². The molecule has 0 aromatic carbocycles. The first-order valence-electron chi connectivity index (χ1n) is 5.96. The molecule has 1 fully saturated rings. The number of hydrogen-bond acceptors (Lipinski definition) is 5. The number of aromatic nitrogens is 2. The molecule has 3 heterocycles. The third-order valence-electron chi connectivity index (χ3n) is 3.23. The number of carbonyl (C=O) groups is 1. The number of ether oxygens (including phenoxy) is 1. The zero-order valence-corrected chi connectivity index (χ0v) is 9.93. The Hall–Kier alpha value is -1.89. The third kappa shape index (κ3) is 2.08. The van der Waals surface area contributed by atoms with Crippen LogP contribution in [0.2, 0.25) is 0 Å². The van der Waals surface area contributed by atoms with Crippen LogP contribution in [-0.4, -0.2) is 40.2 Å². The van der Waals surface area contributed by atoms with Crippen molar-refractivity contribution in [1.29, 1.82) is 0 Å². The molecule has 1 unspecified atom stereocenters. The van der Waals surface area contributed by atoms with Crippen molar-refractivity contribution in [3.63, 3.8) is 0 Å². The first-order valence-corrected chi connectivity index (χ1v) is 5.96. The van der Waals surface area contributed by atoms with Crippen molar-refractivity contribution in [3.8, 4) is 0 Å². The number of anilines is 1. The van der Waals surface area contributed by atoms with E-state index < -0.39 is 6.03 Å². The minimum Gasteiger partial charge on any atom is -0.379 e. The van der Waals surface area contributed by atoms with Gasteiger partial charge in [-0.15, -0.1) is 0 Å². The van der Waals surface area contributed by atoms with Crippen molar-refractivity contribution in [2.75, 3.05) is 18.5 Å². The maximum absolute atomic E-state index is 11.1. The van der Waals surface area contributed by atoms with Gasteiger partial charge in [0.25, 0.3) is 0 Å². The topological polar surface area (TPSA) is 93.4 Å². The first kappa shape index (κ1) is 11.2. The van der Waals surface area contributed by atoms with Crippen LogP contribution in [0.3, 0.4) is 0 Å². The Balaban J connectivity index is 1.72. The number of nitrogens with one attached hydrogen (secondary N) is 1. The molecule has 1 atom stereocenters. The quantitative estimate of drug-likeness (QED) is 0.773. The molecule has 3 N–H and O–H groups in total. The van der Waals surface area contributed by atoms with Crippen LogP contribution in [0.1, 0.15) is 17.7 Å². The van der Waals surface area contributed by atoms with Gasteiger partial charge in [-0.2, -0.15) is 0 Å². The predicted octanol–water partition coefficient (Wildman–Crippen LogP) is 0.0717. The van der Waals surface area contributed by atoms with Gasteiger partial charge in [-0.1, -0.05) is 0 Å². The Labute approximate surface area is 104 Å². The molecular formula is C11H15N5O2. The highest BCUT2D eigenvalue weighted by molar-refractivity contribution is 5.72. The van der Waals surface area contributed by atoms with E-state index in [-0.39, 0.29) is 6.04 Å². The van der Waals surface area contributed by atoms with E-state index in [1.165, 1.54) is 0 Å². The summed E-state index contributed by atoms with van der Waals surface area (Å²) in [7, 11) is 0. The number of rotatable bonds is 2. The summed E-state index contributed by atoms with van der Waals surface area (Å²) in [5.74, 6) is 0.593. The van der Waals surface area contributed by atoms with E-state index in [1.807, 2.05) is 0 Å². The molecule has 3 rings (SSSR count). The van der Waals surface area contributed by atoms with Crippen molar-refractivity contribution >= 4 is 12.0 Å². The van der Waals surface area contributed by atoms with Gasteiger partial charge in [0.15, 0.2) is 0 Å². The number of urea groups is 1. The molecule has 0 saturated carbocycles. The Morgan fingerprint density at radius 3 is 3.17 bits per heavy atom. The molecule has 0 aliphatic carbocycles. The molecular weight excluding hydrogens is 234 g/mol. The minimum absolute atomic E-state index is 0.275. The Morgan fingerprint density at radius 2 is 2.44 bits per heavy atom. The molecule has 0 spiro atoms. The molecule has 2 aliphatic heterocycles. The number of primary amides is 1. The second-order valence-corrected chi connectivity index (χ2v) is 4.56. The number of nitrogens with zero attached hydrogens (tertiary/aromatic N) is 3. The fraction of sp³-hybridized carbons (Fsp3) is 0.545. The highest BCUT2D eigenvalue weighted by Crippen LogP contribution is 2.21. The summed E-state index contributed by atoms with van der Waals surface area (Å²) in [6, 6.07) is -0.150. The van der Waals surface area contributed by atoms with E-state index in [0.29, 0.717) is 25.6 Å². The summed E-state index contributed by atoms with van der Waals surface area (Å²) in [4.78, 5) is 21.3. The smallest absolute Gasteiger partial charge is 0.315 e. The lowest BCUT2D eigenvalue weighted by Crippen LogP contribution is -2.30. The summed E-state index contributed by atoms with van der Waals surface area (Å²) in [6.45, 7) is 2.42. The maximum Gasteiger partial charge on any atom is 0.315 e. The molecule has 0 bridgehead atoms. The van der Waals surface area contributed by atoms with E-state index >= 15 is 0 Å². The average Bonchev–Trinajstić information content (AvgIpc) is 2.96. The van der Waals surface area contributed by atoms with Gasteiger partial charge in [0.1, 0.15) is 0 Å². The molecule has 7 heteroatoms. The molecule has 7 nitrogen and oxygen atoms in total. The van der Waals surface area contributed by atoms with Gasteiger partial charge in [0, 0.05) is 18.4 Å². The van der Waals surface area contributed by atoms with E-state index in [9.17, 15) is 4.79 Å². The molecule has 96 valence electrons. The third-order valence-corrected chi connectivity index (χ3v) is 3.23. The largest absolute Gasteiger partial charge is 0.379 e. The molecule has 18 heavy (non-hydrogen) atoms. The van der Waals surface area contributed by atoms with Gasteiger partial charge in [-0.3, -0.25) is 0 Å². The summed E-state index contributed by atoms with van der Waals surface area (Å²) >= 11 is 0. The molecule has 1 aromatic heterocycles. The summed E-state index contributed by atoms with van der Waals surface area (Å²) in [5.41, 5.74) is 7.08. The lowest BCUT2D eigenvalue weighted by molar-refractivity contribution is 0.195. The van der Waals surface area contributed by atoms with Gasteiger partial charge in [0.05, 0.1) is 31.4 Å².